The molecule has 0 rings (SSSR count). The number of allylic oxidation sites excluding steroid dienone is 4. The molecule has 0 aromatic carbocycles. The summed E-state index contributed by atoms with van der Waals surface area (Å²) in [6.45, 7) is 6.71. The Labute approximate surface area is 481 Å². The molecule has 0 amide bonds. The molecule has 6 heteroatoms. The molecule has 0 saturated heterocycles. The van der Waals surface area contributed by atoms with Crippen LogP contribution in [0, 0.1) is 0 Å². The van der Waals surface area contributed by atoms with Gasteiger partial charge in [0.15, 0.2) is 6.10 Å². The number of carbonyl (C=O) groups excluding carboxylic acids is 3. The van der Waals surface area contributed by atoms with Gasteiger partial charge in [-0.05, 0) is 51.4 Å². The van der Waals surface area contributed by atoms with Gasteiger partial charge in [-0.1, -0.05) is 347 Å². The summed E-state index contributed by atoms with van der Waals surface area (Å²) in [5, 5.41) is 0. The summed E-state index contributed by atoms with van der Waals surface area (Å²) in [4.78, 5) is 38.4. The summed E-state index contributed by atoms with van der Waals surface area (Å²) in [5.74, 6) is -0.830. The predicted molar refractivity (Wildman–Crippen MR) is 335 cm³/mol. The summed E-state index contributed by atoms with van der Waals surface area (Å²) < 4.78 is 17.0. The van der Waals surface area contributed by atoms with Gasteiger partial charge in [-0.3, -0.25) is 14.4 Å². The minimum atomic E-state index is -0.766. The molecule has 0 saturated carbocycles. The number of carbonyl (C=O) groups is 3. The molecule has 0 aliphatic carbocycles. The molecule has 6 nitrogen and oxygen atoms in total. The zero-order chi connectivity index (χ0) is 55.7. The van der Waals surface area contributed by atoms with Crippen molar-refractivity contribution in [2.75, 3.05) is 13.2 Å². The third-order valence-corrected chi connectivity index (χ3v) is 16.0. The van der Waals surface area contributed by atoms with E-state index in [-0.39, 0.29) is 31.1 Å². The van der Waals surface area contributed by atoms with Gasteiger partial charge in [0.25, 0.3) is 0 Å². The Morgan fingerprint density at radius 1 is 0.260 bits per heavy atom. The molecule has 0 N–H and O–H groups in total. The maximum atomic E-state index is 12.9. The van der Waals surface area contributed by atoms with Crippen molar-refractivity contribution < 1.29 is 28.6 Å². The molecular formula is C71H134O6. The Bertz CT molecular complexity index is 1240. The van der Waals surface area contributed by atoms with Crippen LogP contribution in [0.2, 0.25) is 0 Å². The fourth-order valence-electron chi connectivity index (χ4n) is 10.7. The van der Waals surface area contributed by atoms with Gasteiger partial charge in [0.1, 0.15) is 13.2 Å². The van der Waals surface area contributed by atoms with Crippen molar-refractivity contribution in [2.45, 2.75) is 399 Å². The van der Waals surface area contributed by atoms with E-state index in [9.17, 15) is 14.4 Å². The summed E-state index contributed by atoms with van der Waals surface area (Å²) in [7, 11) is 0. The number of esters is 3. The zero-order valence-corrected chi connectivity index (χ0v) is 52.3. The normalized spacial score (nSPS) is 12.1. The molecule has 0 aromatic rings. The molecule has 0 fully saturated rings. The van der Waals surface area contributed by atoms with E-state index in [1.165, 1.54) is 289 Å². The molecule has 0 aliphatic heterocycles. The second-order valence-corrected chi connectivity index (χ2v) is 23.8. The van der Waals surface area contributed by atoms with Gasteiger partial charge in [-0.2, -0.15) is 0 Å². The Morgan fingerprint density at radius 3 is 0.714 bits per heavy atom. The van der Waals surface area contributed by atoms with Crippen LogP contribution in [0.25, 0.3) is 0 Å². The molecule has 0 aromatic heterocycles. The van der Waals surface area contributed by atoms with E-state index in [1.807, 2.05) is 0 Å². The standard InChI is InChI=1S/C71H134O6/c1-4-7-10-13-16-19-22-25-28-29-30-31-32-33-34-35-36-37-38-39-40-41-44-46-49-52-55-58-61-64-70(73)76-67-68(77-71(74)65-62-59-56-53-50-47-43-27-24-21-18-15-12-9-6-3)66-75-69(72)63-60-57-54-51-48-45-42-26-23-20-17-14-11-8-5-2/h22,25,29-30,68H,4-21,23-24,26-28,31-67H2,1-3H3/b25-22-,30-29-. The third kappa shape index (κ3) is 64.6. The van der Waals surface area contributed by atoms with E-state index in [2.05, 4.69) is 45.1 Å². The maximum Gasteiger partial charge on any atom is 0.306 e. The second-order valence-electron chi connectivity index (χ2n) is 23.8. The fraction of sp³-hybridized carbons (Fsp3) is 0.901. The smallest absolute Gasteiger partial charge is 0.306 e. The summed E-state index contributed by atoms with van der Waals surface area (Å²) in [5.41, 5.74) is 0. The first-order valence-corrected chi connectivity index (χ1v) is 34.8. The summed E-state index contributed by atoms with van der Waals surface area (Å²) in [6, 6.07) is 0. The van der Waals surface area contributed by atoms with Crippen molar-refractivity contribution in [3.63, 3.8) is 0 Å². The molecule has 0 radical (unpaired) electrons. The Balaban J connectivity index is 4.16. The van der Waals surface area contributed by atoms with Gasteiger partial charge < -0.3 is 14.2 Å². The van der Waals surface area contributed by atoms with Crippen LogP contribution in [0.15, 0.2) is 24.3 Å². The molecule has 0 spiro atoms. The molecule has 0 bridgehead atoms. The second kappa shape index (κ2) is 66.4. The fourth-order valence-corrected chi connectivity index (χ4v) is 10.7. The van der Waals surface area contributed by atoms with Crippen LogP contribution in [0.5, 0.6) is 0 Å². The highest BCUT2D eigenvalue weighted by Crippen LogP contribution is 2.19. The lowest BCUT2D eigenvalue weighted by Gasteiger charge is -2.18. The van der Waals surface area contributed by atoms with E-state index in [0.717, 1.165) is 64.2 Å². The molecule has 1 atom stereocenters. The lowest BCUT2D eigenvalue weighted by molar-refractivity contribution is -0.167. The maximum absolute atomic E-state index is 12.9. The molecule has 0 heterocycles. The quantitative estimate of drug-likeness (QED) is 0.0261. The molecule has 454 valence electrons. The third-order valence-electron chi connectivity index (χ3n) is 16.0. The van der Waals surface area contributed by atoms with Gasteiger partial charge in [-0.15, -0.1) is 0 Å². The number of ether oxygens (including phenoxy) is 3. The minimum Gasteiger partial charge on any atom is -0.462 e. The molecule has 0 aliphatic rings. The SMILES string of the molecule is CCCCCCC/C=C\C/C=C\CCCCCCCCCCCCCCCCCCCC(=O)OCC(COC(=O)CCCCCCCCCCCCCCCCC)OC(=O)CCCCCCCCCCCCCCCCC. The van der Waals surface area contributed by atoms with Gasteiger partial charge in [0.2, 0.25) is 0 Å². The number of hydrogen-bond donors (Lipinski definition) is 0. The lowest BCUT2D eigenvalue weighted by atomic mass is 10.0. The van der Waals surface area contributed by atoms with Crippen LogP contribution in [0.3, 0.4) is 0 Å². The van der Waals surface area contributed by atoms with E-state index in [4.69, 9.17) is 14.2 Å². The first-order chi connectivity index (χ1) is 38.0. The number of rotatable bonds is 65. The first kappa shape index (κ1) is 74.9. The van der Waals surface area contributed by atoms with Crippen LogP contribution in [0.4, 0.5) is 0 Å². The minimum absolute atomic E-state index is 0.0632. The first-order valence-electron chi connectivity index (χ1n) is 34.8. The average molecular weight is 1080 g/mol. The molecule has 1 unspecified atom stereocenters. The van der Waals surface area contributed by atoms with Crippen molar-refractivity contribution in [3.8, 4) is 0 Å². The van der Waals surface area contributed by atoms with E-state index in [0.29, 0.717) is 19.3 Å². The van der Waals surface area contributed by atoms with E-state index >= 15 is 0 Å². The van der Waals surface area contributed by atoms with Gasteiger partial charge in [0, 0.05) is 19.3 Å². The largest absolute Gasteiger partial charge is 0.462 e. The average Bonchev–Trinajstić information content (AvgIpc) is 3.43. The van der Waals surface area contributed by atoms with E-state index in [1.54, 1.807) is 0 Å². The van der Waals surface area contributed by atoms with Crippen LogP contribution < -0.4 is 0 Å². The zero-order valence-electron chi connectivity index (χ0n) is 52.3. The van der Waals surface area contributed by atoms with Crippen LogP contribution in [-0.4, -0.2) is 37.2 Å². The van der Waals surface area contributed by atoms with Crippen molar-refractivity contribution in [1.82, 2.24) is 0 Å². The monoisotopic (exact) mass is 1080 g/mol. The van der Waals surface area contributed by atoms with Crippen molar-refractivity contribution in [2.24, 2.45) is 0 Å². The van der Waals surface area contributed by atoms with Crippen LogP contribution >= 0.6 is 0 Å². The van der Waals surface area contributed by atoms with Crippen molar-refractivity contribution in [1.29, 1.82) is 0 Å². The highest BCUT2D eigenvalue weighted by Gasteiger charge is 2.19. The van der Waals surface area contributed by atoms with Crippen molar-refractivity contribution >= 4 is 17.9 Å². The summed E-state index contributed by atoms with van der Waals surface area (Å²) in [6.07, 6.45) is 80.6. The van der Waals surface area contributed by atoms with Crippen LogP contribution in [0.1, 0.15) is 393 Å². The van der Waals surface area contributed by atoms with Gasteiger partial charge in [-0.25, -0.2) is 0 Å². The Morgan fingerprint density at radius 2 is 0.468 bits per heavy atom. The highest BCUT2D eigenvalue weighted by molar-refractivity contribution is 5.71. The lowest BCUT2D eigenvalue weighted by Crippen LogP contribution is -2.30. The van der Waals surface area contributed by atoms with E-state index < -0.39 is 6.10 Å². The van der Waals surface area contributed by atoms with Gasteiger partial charge in [0.05, 0.1) is 0 Å². The Hall–Kier alpha value is -2.11. The van der Waals surface area contributed by atoms with Gasteiger partial charge >= 0.3 is 17.9 Å². The number of unbranched alkanes of at least 4 members (excludes halogenated alkanes) is 50. The highest BCUT2D eigenvalue weighted by atomic mass is 16.6. The molecule has 77 heavy (non-hydrogen) atoms. The molecular weight excluding hydrogens is 949 g/mol. The van der Waals surface area contributed by atoms with Crippen molar-refractivity contribution in [3.05, 3.63) is 24.3 Å². The predicted octanol–water partition coefficient (Wildman–Crippen LogP) is 23.8. The van der Waals surface area contributed by atoms with Crippen LogP contribution in [-0.2, 0) is 28.6 Å². The topological polar surface area (TPSA) is 78.9 Å². The Kier molecular flexibility index (Phi) is 64.6. The summed E-state index contributed by atoms with van der Waals surface area (Å²) >= 11 is 0. The number of hydrogen-bond acceptors (Lipinski definition) is 6.